The Bertz CT molecular complexity index is 1190. The molecule has 0 spiro atoms. The maximum Gasteiger partial charge on any atom is 0.243 e. The van der Waals surface area contributed by atoms with Gasteiger partial charge in [-0.3, -0.25) is 4.79 Å². The Morgan fingerprint density at radius 2 is 1.78 bits per heavy atom. The fraction of sp³-hybridized carbons (Fsp3) is 0.273. The maximum atomic E-state index is 12.9. The number of thiazole rings is 1. The minimum absolute atomic E-state index is 0.136. The van der Waals surface area contributed by atoms with Crippen molar-refractivity contribution in [3.63, 3.8) is 0 Å². The second-order valence-electron chi connectivity index (χ2n) is 7.39. The van der Waals surface area contributed by atoms with Gasteiger partial charge in [0.25, 0.3) is 0 Å². The van der Waals surface area contributed by atoms with Crippen LogP contribution in [0.2, 0.25) is 5.02 Å². The number of anilines is 1. The molecular formula is C22H22ClN3O4S2. The van der Waals surface area contributed by atoms with E-state index < -0.39 is 10.0 Å². The predicted octanol–water partition coefficient (Wildman–Crippen LogP) is 4.51. The summed E-state index contributed by atoms with van der Waals surface area (Å²) in [5.41, 5.74) is 1.69. The molecule has 1 aliphatic heterocycles. The number of nitrogens with zero attached hydrogens (tertiary/aromatic N) is 2. The number of methoxy groups -OCH3 is 1. The molecule has 7 nitrogen and oxygen atoms in total. The SMILES string of the molecule is COc1ccc(S(=O)(=O)N2CCC(C(=O)Nc3nc(-c4ccc(Cl)cc4)cs3)CC2)cc1. The molecule has 1 saturated heterocycles. The highest BCUT2D eigenvalue weighted by atomic mass is 35.5. The topological polar surface area (TPSA) is 88.6 Å². The molecule has 0 atom stereocenters. The molecular weight excluding hydrogens is 470 g/mol. The van der Waals surface area contributed by atoms with E-state index in [1.54, 1.807) is 24.3 Å². The van der Waals surface area contributed by atoms with Crippen LogP contribution in [0.4, 0.5) is 5.13 Å². The standard InChI is InChI=1S/C22H22ClN3O4S2/c1-30-18-6-8-19(9-7-18)32(28,29)26-12-10-16(11-13-26)21(27)25-22-24-20(14-31-22)15-2-4-17(23)5-3-15/h2-9,14,16H,10-13H2,1H3,(H,24,25,27). The third-order valence-electron chi connectivity index (χ3n) is 5.40. The van der Waals surface area contributed by atoms with Gasteiger partial charge in [-0.05, 0) is 49.2 Å². The van der Waals surface area contributed by atoms with Gasteiger partial charge in [0.05, 0.1) is 17.7 Å². The summed E-state index contributed by atoms with van der Waals surface area (Å²) in [4.78, 5) is 17.4. The molecule has 0 aliphatic carbocycles. The number of piperidine rings is 1. The summed E-state index contributed by atoms with van der Waals surface area (Å²) in [6.07, 6.45) is 0.910. The Hall–Kier alpha value is -2.46. The fourth-order valence-electron chi connectivity index (χ4n) is 3.55. The van der Waals surface area contributed by atoms with Crippen molar-refractivity contribution >= 4 is 44.0 Å². The highest BCUT2D eigenvalue weighted by molar-refractivity contribution is 7.89. The van der Waals surface area contributed by atoms with Crippen molar-refractivity contribution in [3.05, 3.63) is 58.9 Å². The smallest absolute Gasteiger partial charge is 0.243 e. The average Bonchev–Trinajstić information content (AvgIpc) is 3.28. The zero-order valence-electron chi connectivity index (χ0n) is 17.3. The molecule has 1 aliphatic rings. The van der Waals surface area contributed by atoms with Gasteiger partial charge in [-0.25, -0.2) is 13.4 Å². The third-order valence-corrected chi connectivity index (χ3v) is 8.32. The molecule has 1 N–H and O–H groups in total. The zero-order valence-corrected chi connectivity index (χ0v) is 19.7. The number of hydrogen-bond donors (Lipinski definition) is 1. The molecule has 2 heterocycles. The highest BCUT2D eigenvalue weighted by Gasteiger charge is 2.32. The van der Waals surface area contributed by atoms with Crippen molar-refractivity contribution < 1.29 is 17.9 Å². The van der Waals surface area contributed by atoms with Crippen LogP contribution in [-0.2, 0) is 14.8 Å². The summed E-state index contributed by atoms with van der Waals surface area (Å²) in [7, 11) is -2.07. The first-order chi connectivity index (χ1) is 15.4. The van der Waals surface area contributed by atoms with E-state index in [0.29, 0.717) is 41.8 Å². The second kappa shape index (κ2) is 9.58. The lowest BCUT2D eigenvalue weighted by atomic mass is 9.97. The molecule has 0 bridgehead atoms. The van der Waals surface area contributed by atoms with E-state index in [4.69, 9.17) is 16.3 Å². The van der Waals surface area contributed by atoms with Crippen LogP contribution in [0.15, 0.2) is 58.8 Å². The normalized spacial score (nSPS) is 15.4. The summed E-state index contributed by atoms with van der Waals surface area (Å²) in [6, 6.07) is 13.7. The Morgan fingerprint density at radius 3 is 2.41 bits per heavy atom. The molecule has 168 valence electrons. The number of rotatable bonds is 6. The highest BCUT2D eigenvalue weighted by Crippen LogP contribution is 2.29. The number of sulfonamides is 1. The Kier molecular flexibility index (Phi) is 6.80. The molecule has 32 heavy (non-hydrogen) atoms. The van der Waals surface area contributed by atoms with Crippen molar-refractivity contribution in [2.45, 2.75) is 17.7 Å². The van der Waals surface area contributed by atoms with E-state index in [9.17, 15) is 13.2 Å². The van der Waals surface area contributed by atoms with Crippen molar-refractivity contribution in [1.29, 1.82) is 0 Å². The molecule has 0 unspecified atom stereocenters. The number of amides is 1. The minimum atomic E-state index is -3.60. The number of benzene rings is 2. The lowest BCUT2D eigenvalue weighted by Gasteiger charge is -2.30. The molecule has 10 heteroatoms. The lowest BCUT2D eigenvalue weighted by molar-refractivity contribution is -0.120. The Morgan fingerprint density at radius 1 is 1.12 bits per heavy atom. The van der Waals surface area contributed by atoms with Crippen LogP contribution in [0.3, 0.4) is 0 Å². The van der Waals surface area contributed by atoms with Gasteiger partial charge in [0.1, 0.15) is 5.75 Å². The first-order valence-corrected chi connectivity index (χ1v) is 12.7. The third kappa shape index (κ3) is 4.96. The molecule has 3 aromatic rings. The number of carbonyl (C=O) groups excluding carboxylic acids is 1. The first-order valence-electron chi connectivity index (χ1n) is 10.0. The van der Waals surface area contributed by atoms with E-state index in [1.165, 1.54) is 34.9 Å². The molecule has 1 aromatic heterocycles. The van der Waals surface area contributed by atoms with Gasteiger partial charge in [-0.2, -0.15) is 4.31 Å². The number of hydrogen-bond acceptors (Lipinski definition) is 6. The van der Waals surface area contributed by atoms with Crippen LogP contribution in [0, 0.1) is 5.92 Å². The van der Waals surface area contributed by atoms with E-state index in [-0.39, 0.29) is 16.7 Å². The van der Waals surface area contributed by atoms with Gasteiger partial charge in [-0.1, -0.05) is 23.7 Å². The van der Waals surface area contributed by atoms with Crippen LogP contribution in [0.1, 0.15) is 12.8 Å². The number of halogens is 1. The number of nitrogens with one attached hydrogen (secondary N) is 1. The maximum absolute atomic E-state index is 12.9. The van der Waals surface area contributed by atoms with Crippen LogP contribution in [0.25, 0.3) is 11.3 Å². The number of carbonyl (C=O) groups is 1. The molecule has 1 amide bonds. The van der Waals surface area contributed by atoms with Crippen LogP contribution < -0.4 is 10.1 Å². The molecule has 2 aromatic carbocycles. The van der Waals surface area contributed by atoms with E-state index in [1.807, 2.05) is 17.5 Å². The van der Waals surface area contributed by atoms with Crippen molar-refractivity contribution in [3.8, 4) is 17.0 Å². The van der Waals surface area contributed by atoms with E-state index >= 15 is 0 Å². The Balaban J connectivity index is 1.35. The van der Waals surface area contributed by atoms with Gasteiger partial charge in [0.2, 0.25) is 15.9 Å². The summed E-state index contributed by atoms with van der Waals surface area (Å²) < 4.78 is 32.3. The fourth-order valence-corrected chi connectivity index (χ4v) is 5.87. The average molecular weight is 492 g/mol. The number of ether oxygens (including phenoxy) is 1. The largest absolute Gasteiger partial charge is 0.497 e. The summed E-state index contributed by atoms with van der Waals surface area (Å²) >= 11 is 7.28. The summed E-state index contributed by atoms with van der Waals surface area (Å²) in [5.74, 6) is 0.199. The minimum Gasteiger partial charge on any atom is -0.497 e. The van der Waals surface area contributed by atoms with E-state index in [2.05, 4.69) is 10.3 Å². The predicted molar refractivity (Wildman–Crippen MR) is 126 cm³/mol. The van der Waals surface area contributed by atoms with E-state index in [0.717, 1.165) is 11.3 Å². The van der Waals surface area contributed by atoms with Gasteiger partial charge in [-0.15, -0.1) is 11.3 Å². The Labute approximate surface area is 196 Å². The van der Waals surface area contributed by atoms with Crippen molar-refractivity contribution in [2.75, 3.05) is 25.5 Å². The van der Waals surface area contributed by atoms with Crippen molar-refractivity contribution in [2.24, 2.45) is 5.92 Å². The van der Waals surface area contributed by atoms with Crippen LogP contribution in [0.5, 0.6) is 5.75 Å². The van der Waals surface area contributed by atoms with Gasteiger partial charge in [0, 0.05) is 35.0 Å². The van der Waals surface area contributed by atoms with Gasteiger partial charge >= 0.3 is 0 Å². The molecule has 4 rings (SSSR count). The lowest BCUT2D eigenvalue weighted by Crippen LogP contribution is -2.41. The molecule has 0 saturated carbocycles. The first kappa shape index (κ1) is 22.7. The van der Waals surface area contributed by atoms with Crippen molar-refractivity contribution in [1.82, 2.24) is 9.29 Å². The number of aromatic nitrogens is 1. The monoisotopic (exact) mass is 491 g/mol. The van der Waals surface area contributed by atoms with Gasteiger partial charge in [0.15, 0.2) is 5.13 Å². The summed E-state index contributed by atoms with van der Waals surface area (Å²) in [6.45, 7) is 0.584. The summed E-state index contributed by atoms with van der Waals surface area (Å²) in [5, 5.41) is 5.92. The molecule has 0 radical (unpaired) electrons. The van der Waals surface area contributed by atoms with Crippen LogP contribution >= 0.6 is 22.9 Å². The van der Waals surface area contributed by atoms with Crippen LogP contribution in [-0.4, -0.2) is 43.8 Å². The second-order valence-corrected chi connectivity index (χ2v) is 10.6. The molecule has 1 fully saturated rings. The quantitative estimate of drug-likeness (QED) is 0.548. The van der Waals surface area contributed by atoms with Gasteiger partial charge < -0.3 is 10.1 Å². The zero-order chi connectivity index (χ0) is 22.7.